The average Bonchev–Trinajstić information content (AvgIpc) is 2.46. The third-order valence-electron chi connectivity index (χ3n) is 2.81. The van der Waals surface area contributed by atoms with Crippen molar-refractivity contribution in [1.29, 1.82) is 0 Å². The van der Waals surface area contributed by atoms with Gasteiger partial charge < -0.3 is 9.47 Å². The summed E-state index contributed by atoms with van der Waals surface area (Å²) in [6.45, 7) is 0.515. The first kappa shape index (κ1) is 14.6. The highest BCUT2D eigenvalue weighted by Gasteiger charge is 2.21. The van der Waals surface area contributed by atoms with Crippen molar-refractivity contribution < 1.29 is 9.47 Å². The molecule has 1 aliphatic rings. The van der Waals surface area contributed by atoms with E-state index in [1.165, 1.54) is 5.56 Å². The predicted octanol–water partition coefficient (Wildman–Crippen LogP) is 4.34. The van der Waals surface area contributed by atoms with Crippen LogP contribution in [0.2, 0.25) is 0 Å². The standard InChI is InChI=1S/C15H15BrClO2/c1-18-13-6-7-15(14(17)8-13)19-10-12-4-2-11(9-16)3-5-12/h2-8,14H,9-10H2,1H3. The van der Waals surface area contributed by atoms with Crippen molar-refractivity contribution in [1.82, 2.24) is 0 Å². The van der Waals surface area contributed by atoms with Crippen LogP contribution in [0.15, 0.2) is 48.3 Å². The molecule has 1 atom stereocenters. The number of ether oxygens (including phenoxy) is 2. The van der Waals surface area contributed by atoms with E-state index < -0.39 is 0 Å². The van der Waals surface area contributed by atoms with Gasteiger partial charge in [-0.05, 0) is 29.4 Å². The lowest BCUT2D eigenvalue weighted by atomic mass is 10.1. The zero-order chi connectivity index (χ0) is 13.7. The number of alkyl halides is 2. The molecule has 1 aromatic rings. The molecule has 0 saturated carbocycles. The van der Waals surface area contributed by atoms with Crippen LogP contribution in [0.1, 0.15) is 11.1 Å². The largest absolute Gasteiger partial charge is 0.497 e. The lowest BCUT2D eigenvalue weighted by Gasteiger charge is -2.20. The van der Waals surface area contributed by atoms with Crippen molar-refractivity contribution in [2.45, 2.75) is 17.3 Å². The molecule has 19 heavy (non-hydrogen) atoms. The Morgan fingerprint density at radius 2 is 1.84 bits per heavy atom. The molecule has 1 aliphatic carbocycles. The molecule has 2 rings (SSSR count). The third-order valence-corrected chi connectivity index (χ3v) is 3.80. The second kappa shape index (κ2) is 7.13. The molecular weight excluding hydrogens is 328 g/mol. The summed E-state index contributed by atoms with van der Waals surface area (Å²) in [6.07, 6.45) is 6.27. The van der Waals surface area contributed by atoms with Gasteiger partial charge in [-0.15, -0.1) is 11.6 Å². The first-order chi connectivity index (χ1) is 9.22. The van der Waals surface area contributed by atoms with Gasteiger partial charge in [0.1, 0.15) is 11.9 Å². The summed E-state index contributed by atoms with van der Waals surface area (Å²) >= 11 is 9.62. The second-order valence-electron chi connectivity index (χ2n) is 4.15. The molecule has 1 aromatic carbocycles. The minimum atomic E-state index is -0.276. The Morgan fingerprint density at radius 1 is 1.16 bits per heavy atom. The molecule has 0 spiro atoms. The highest BCUT2D eigenvalue weighted by atomic mass is 79.9. The molecule has 0 bridgehead atoms. The number of methoxy groups -OCH3 is 1. The second-order valence-corrected chi connectivity index (χ2v) is 5.18. The predicted molar refractivity (Wildman–Crippen MR) is 81.0 cm³/mol. The number of halogens is 2. The van der Waals surface area contributed by atoms with Crippen LogP contribution < -0.4 is 0 Å². The van der Waals surface area contributed by atoms with E-state index >= 15 is 0 Å². The summed E-state index contributed by atoms with van der Waals surface area (Å²) in [5.74, 6) is 0.758. The summed E-state index contributed by atoms with van der Waals surface area (Å²) < 4.78 is 10.8. The molecule has 0 aromatic heterocycles. The Hall–Kier alpha value is -0.770. The molecule has 0 saturated heterocycles. The quantitative estimate of drug-likeness (QED) is 0.741. The van der Waals surface area contributed by atoms with Crippen LogP contribution in [-0.2, 0) is 21.4 Å². The maximum Gasteiger partial charge on any atom is 0.141 e. The van der Waals surface area contributed by atoms with Crippen LogP contribution in [0.25, 0.3) is 0 Å². The van der Waals surface area contributed by atoms with Crippen molar-refractivity contribution in [2.24, 2.45) is 0 Å². The molecular formula is C15H15BrClO2. The lowest BCUT2D eigenvalue weighted by Crippen LogP contribution is -2.15. The van der Waals surface area contributed by atoms with E-state index in [4.69, 9.17) is 21.1 Å². The molecule has 0 amide bonds. The van der Waals surface area contributed by atoms with Crippen LogP contribution >= 0.6 is 27.5 Å². The summed E-state index contributed by atoms with van der Waals surface area (Å²) in [6, 6.07) is 8.28. The van der Waals surface area contributed by atoms with Gasteiger partial charge in [-0.3, -0.25) is 0 Å². The zero-order valence-corrected chi connectivity index (χ0v) is 12.9. The number of hydrogen-bond acceptors (Lipinski definition) is 2. The molecule has 4 heteroatoms. The van der Waals surface area contributed by atoms with Crippen molar-refractivity contribution in [3.8, 4) is 0 Å². The fourth-order valence-corrected chi connectivity index (χ4v) is 2.33. The highest BCUT2D eigenvalue weighted by molar-refractivity contribution is 9.08. The van der Waals surface area contributed by atoms with E-state index in [1.54, 1.807) is 7.11 Å². The summed E-state index contributed by atoms with van der Waals surface area (Å²) in [5, 5.41) is 0.588. The average molecular weight is 343 g/mol. The smallest absolute Gasteiger partial charge is 0.141 e. The van der Waals surface area contributed by atoms with E-state index in [-0.39, 0.29) is 5.38 Å². The Kier molecular flexibility index (Phi) is 5.49. The van der Waals surface area contributed by atoms with E-state index in [0.717, 1.165) is 22.8 Å². The van der Waals surface area contributed by atoms with Crippen molar-refractivity contribution in [2.75, 3.05) is 7.11 Å². The third kappa shape index (κ3) is 4.10. The van der Waals surface area contributed by atoms with E-state index in [0.29, 0.717) is 6.61 Å². The number of hydrogen-bond donors (Lipinski definition) is 0. The van der Waals surface area contributed by atoms with Crippen LogP contribution in [0, 0.1) is 6.10 Å². The van der Waals surface area contributed by atoms with Gasteiger partial charge in [0.25, 0.3) is 0 Å². The van der Waals surface area contributed by atoms with Gasteiger partial charge >= 0.3 is 0 Å². The van der Waals surface area contributed by atoms with Gasteiger partial charge in [0.15, 0.2) is 0 Å². The Bertz CT molecular complexity index is 468. The van der Waals surface area contributed by atoms with Gasteiger partial charge in [-0.2, -0.15) is 0 Å². The molecule has 2 nitrogen and oxygen atoms in total. The molecule has 1 unspecified atom stereocenters. The SMILES string of the molecule is COC1=CC(Cl)[C](OCc2ccc(CBr)cc2)C=C1. The fraction of sp³-hybridized carbons (Fsp3) is 0.267. The van der Waals surface area contributed by atoms with Gasteiger partial charge in [0, 0.05) is 5.33 Å². The van der Waals surface area contributed by atoms with E-state index in [1.807, 2.05) is 18.2 Å². The van der Waals surface area contributed by atoms with Gasteiger partial charge in [-0.25, -0.2) is 0 Å². The lowest BCUT2D eigenvalue weighted by molar-refractivity contribution is 0.148. The van der Waals surface area contributed by atoms with E-state index in [9.17, 15) is 0 Å². The summed E-state index contributed by atoms with van der Waals surface area (Å²) in [5.41, 5.74) is 2.37. The van der Waals surface area contributed by atoms with Gasteiger partial charge in [0.2, 0.25) is 0 Å². The topological polar surface area (TPSA) is 18.5 Å². The minimum Gasteiger partial charge on any atom is -0.497 e. The minimum absolute atomic E-state index is 0.276. The fourth-order valence-electron chi connectivity index (χ4n) is 1.69. The normalized spacial score (nSPS) is 19.3. The van der Waals surface area contributed by atoms with Crippen molar-refractivity contribution >= 4 is 27.5 Å². The number of benzene rings is 1. The Morgan fingerprint density at radius 3 is 2.42 bits per heavy atom. The van der Waals surface area contributed by atoms with Crippen LogP contribution in [-0.4, -0.2) is 12.5 Å². The molecule has 0 fully saturated rings. The molecule has 101 valence electrons. The first-order valence-electron chi connectivity index (χ1n) is 5.94. The van der Waals surface area contributed by atoms with Gasteiger partial charge in [-0.1, -0.05) is 40.2 Å². The van der Waals surface area contributed by atoms with Crippen LogP contribution in [0.3, 0.4) is 0 Å². The maximum atomic E-state index is 6.19. The summed E-state index contributed by atoms with van der Waals surface area (Å²) in [7, 11) is 1.62. The first-order valence-corrected chi connectivity index (χ1v) is 7.50. The van der Waals surface area contributed by atoms with Crippen molar-refractivity contribution in [3.05, 3.63) is 65.5 Å². The van der Waals surface area contributed by atoms with Crippen LogP contribution in [0.5, 0.6) is 0 Å². The van der Waals surface area contributed by atoms with Gasteiger partial charge in [0.05, 0.1) is 19.1 Å². The number of rotatable bonds is 5. The Balaban J connectivity index is 1.89. The molecule has 0 aliphatic heterocycles. The Labute approximate surface area is 127 Å². The molecule has 0 N–H and O–H groups in total. The molecule has 0 heterocycles. The van der Waals surface area contributed by atoms with E-state index in [2.05, 4.69) is 40.2 Å². The highest BCUT2D eigenvalue weighted by Crippen LogP contribution is 2.26. The zero-order valence-electron chi connectivity index (χ0n) is 10.6. The maximum absolute atomic E-state index is 6.19. The molecule has 1 radical (unpaired) electrons. The van der Waals surface area contributed by atoms with Crippen LogP contribution in [0.4, 0.5) is 0 Å². The number of allylic oxidation sites excluding steroid dienone is 1. The summed E-state index contributed by atoms with van der Waals surface area (Å²) in [4.78, 5) is 0. The monoisotopic (exact) mass is 341 g/mol. The van der Waals surface area contributed by atoms with Crippen molar-refractivity contribution in [3.63, 3.8) is 0 Å².